The summed E-state index contributed by atoms with van der Waals surface area (Å²) in [6, 6.07) is 0. The van der Waals surface area contributed by atoms with Crippen molar-refractivity contribution in [2.45, 2.75) is 78.4 Å². The molecule has 0 aromatic carbocycles. The molecule has 0 rings (SSSR count). The molecule has 0 fully saturated rings. The van der Waals surface area contributed by atoms with Gasteiger partial charge in [0.25, 0.3) is 0 Å². The third kappa shape index (κ3) is 55.7. The summed E-state index contributed by atoms with van der Waals surface area (Å²) in [6.45, 7) is 8.78. The third-order valence-corrected chi connectivity index (χ3v) is 1.77. The molecule has 0 saturated heterocycles. The van der Waals surface area contributed by atoms with Gasteiger partial charge in [0, 0.05) is 0 Å². The van der Waals surface area contributed by atoms with Crippen molar-refractivity contribution >= 4 is 0 Å². The Hall–Kier alpha value is 0.554. The van der Waals surface area contributed by atoms with E-state index in [-0.39, 0.29) is 41.4 Å². The van der Waals surface area contributed by atoms with Crippen molar-refractivity contribution in [1.29, 1.82) is 0 Å². The smallest absolute Gasteiger partial charge is 0.854 e. The summed E-state index contributed by atoms with van der Waals surface area (Å²) in [7, 11) is 0. The molecular formula is C14H30O4Ti. The molecular weight excluding hydrogens is 280 g/mol. The SMILES string of the molecule is CC([O-])CC(C)(C)[O-].CCCC[O-].CCCC[O-].[Ti+4]. The molecule has 4 nitrogen and oxygen atoms in total. The largest absolute Gasteiger partial charge is 4.00 e. The molecule has 0 amide bonds. The van der Waals surface area contributed by atoms with E-state index in [0.29, 0.717) is 0 Å². The maximum absolute atomic E-state index is 10.7. The molecule has 0 aliphatic heterocycles. The minimum absolute atomic E-state index is 0. The van der Waals surface area contributed by atoms with Gasteiger partial charge in [-0.3, -0.25) is 0 Å². The molecule has 0 radical (unpaired) electrons. The molecule has 19 heavy (non-hydrogen) atoms. The summed E-state index contributed by atoms with van der Waals surface area (Å²) in [5.41, 5.74) is -1.04. The molecule has 0 aromatic heterocycles. The van der Waals surface area contributed by atoms with E-state index in [1.165, 1.54) is 20.8 Å². The Kier molecular flexibility index (Phi) is 30.6. The summed E-state index contributed by atoms with van der Waals surface area (Å²) in [6.07, 6.45) is 3.22. The first-order valence-corrected chi connectivity index (χ1v) is 6.77. The van der Waals surface area contributed by atoms with Gasteiger partial charge >= 0.3 is 21.7 Å². The van der Waals surface area contributed by atoms with Crippen LogP contribution in [0.15, 0.2) is 0 Å². The van der Waals surface area contributed by atoms with Gasteiger partial charge in [0.15, 0.2) is 0 Å². The van der Waals surface area contributed by atoms with E-state index in [0.717, 1.165) is 25.7 Å². The van der Waals surface area contributed by atoms with Crippen molar-refractivity contribution in [1.82, 2.24) is 0 Å². The van der Waals surface area contributed by atoms with Gasteiger partial charge in [0.2, 0.25) is 0 Å². The van der Waals surface area contributed by atoms with Crippen LogP contribution in [-0.2, 0) is 21.7 Å². The van der Waals surface area contributed by atoms with Gasteiger partial charge in [-0.15, -0.1) is 24.9 Å². The van der Waals surface area contributed by atoms with Crippen LogP contribution in [0.3, 0.4) is 0 Å². The van der Waals surface area contributed by atoms with Crippen LogP contribution in [0.25, 0.3) is 0 Å². The average Bonchev–Trinajstić information content (AvgIpc) is 2.18. The second kappa shape index (κ2) is 20.9. The van der Waals surface area contributed by atoms with Gasteiger partial charge in [-0.2, -0.15) is 0 Å². The van der Waals surface area contributed by atoms with Crippen molar-refractivity contribution in [2.75, 3.05) is 13.2 Å². The molecule has 5 heteroatoms. The Morgan fingerprint density at radius 3 is 1.26 bits per heavy atom. The topological polar surface area (TPSA) is 92.2 Å². The predicted molar refractivity (Wildman–Crippen MR) is 67.7 cm³/mol. The van der Waals surface area contributed by atoms with Gasteiger partial charge < -0.3 is 20.4 Å². The third-order valence-electron chi connectivity index (χ3n) is 1.77. The van der Waals surface area contributed by atoms with E-state index < -0.39 is 11.7 Å². The Balaban J connectivity index is -0.0000000906. The average molecular weight is 310 g/mol. The zero-order valence-corrected chi connectivity index (χ0v) is 14.7. The number of unbranched alkanes of at least 4 members (excludes halogenated alkanes) is 2. The number of rotatable bonds is 6. The molecule has 0 saturated carbocycles. The summed E-state index contributed by atoms with van der Waals surface area (Å²) in [5.74, 6) is 0. The monoisotopic (exact) mass is 310 g/mol. The first kappa shape index (κ1) is 27.8. The molecule has 0 aliphatic carbocycles. The molecule has 0 aromatic rings. The Bertz CT molecular complexity index is 126. The molecule has 114 valence electrons. The molecule has 1 unspecified atom stereocenters. The maximum atomic E-state index is 10.7. The first-order chi connectivity index (χ1) is 8.24. The maximum Gasteiger partial charge on any atom is 4.00 e. The van der Waals surface area contributed by atoms with E-state index in [1.54, 1.807) is 0 Å². The molecule has 1 atom stereocenters. The van der Waals surface area contributed by atoms with Crippen molar-refractivity contribution in [3.05, 3.63) is 0 Å². The van der Waals surface area contributed by atoms with Gasteiger partial charge in [0.05, 0.1) is 0 Å². The number of hydrogen-bond donors (Lipinski definition) is 0. The molecule has 0 bridgehead atoms. The van der Waals surface area contributed by atoms with Gasteiger partial charge in [-0.25, -0.2) is 0 Å². The van der Waals surface area contributed by atoms with E-state index in [2.05, 4.69) is 0 Å². The fourth-order valence-electron chi connectivity index (χ4n) is 0.981. The van der Waals surface area contributed by atoms with Crippen molar-refractivity contribution in [3.63, 3.8) is 0 Å². The quantitative estimate of drug-likeness (QED) is 0.622. The molecule has 0 N–H and O–H groups in total. The zero-order valence-electron chi connectivity index (χ0n) is 13.2. The van der Waals surface area contributed by atoms with E-state index in [1.807, 2.05) is 13.8 Å². The molecule has 0 aliphatic rings. The van der Waals surface area contributed by atoms with Crippen LogP contribution in [-0.4, -0.2) is 24.9 Å². The minimum atomic E-state index is -1.04. The molecule has 0 spiro atoms. The predicted octanol–water partition coefficient (Wildman–Crippen LogP) is -0.445. The number of hydrogen-bond acceptors (Lipinski definition) is 4. The van der Waals surface area contributed by atoms with Crippen LogP contribution in [0.1, 0.15) is 66.7 Å². The van der Waals surface area contributed by atoms with Gasteiger partial charge in [0.1, 0.15) is 0 Å². The standard InChI is InChI=1S/C6H12O2.2C4H9O.Ti/c1-5(7)4-6(2,3)8;2*1-2-3-4-5;/h5H,4H2,1-3H3;2*2-4H2,1H3;/q-2;2*-1;+4. The Morgan fingerprint density at radius 2 is 1.26 bits per heavy atom. The summed E-state index contributed by atoms with van der Waals surface area (Å²) in [4.78, 5) is 0. The van der Waals surface area contributed by atoms with Crippen molar-refractivity contribution in [2.24, 2.45) is 0 Å². The Labute approximate surface area is 134 Å². The van der Waals surface area contributed by atoms with Crippen LogP contribution in [0.2, 0.25) is 0 Å². The van der Waals surface area contributed by atoms with Gasteiger partial charge in [-0.05, 0) is 0 Å². The van der Waals surface area contributed by atoms with Crippen LogP contribution < -0.4 is 20.4 Å². The second-order valence-electron chi connectivity index (χ2n) is 4.89. The van der Waals surface area contributed by atoms with E-state index in [4.69, 9.17) is 0 Å². The van der Waals surface area contributed by atoms with Crippen molar-refractivity contribution in [3.8, 4) is 0 Å². The van der Waals surface area contributed by atoms with E-state index in [9.17, 15) is 20.4 Å². The van der Waals surface area contributed by atoms with Crippen LogP contribution in [0, 0.1) is 0 Å². The Morgan fingerprint density at radius 1 is 0.947 bits per heavy atom. The first-order valence-electron chi connectivity index (χ1n) is 6.77. The van der Waals surface area contributed by atoms with Crippen LogP contribution in [0.4, 0.5) is 0 Å². The summed E-state index contributed by atoms with van der Waals surface area (Å²) >= 11 is 0. The van der Waals surface area contributed by atoms with Gasteiger partial charge in [-0.1, -0.05) is 66.7 Å². The normalized spacial score (nSPS) is 11.2. The minimum Gasteiger partial charge on any atom is -0.854 e. The fourth-order valence-corrected chi connectivity index (χ4v) is 0.981. The van der Waals surface area contributed by atoms with Crippen molar-refractivity contribution < 1.29 is 42.1 Å². The zero-order chi connectivity index (χ0) is 15.0. The van der Waals surface area contributed by atoms with Crippen LogP contribution >= 0.6 is 0 Å². The fraction of sp³-hybridized carbons (Fsp3) is 1.00. The van der Waals surface area contributed by atoms with E-state index >= 15 is 0 Å². The summed E-state index contributed by atoms with van der Waals surface area (Å²) in [5, 5.41) is 40.1. The summed E-state index contributed by atoms with van der Waals surface area (Å²) < 4.78 is 0. The molecule has 0 heterocycles. The van der Waals surface area contributed by atoms with Crippen LogP contribution in [0.5, 0.6) is 0 Å². The second-order valence-corrected chi connectivity index (χ2v) is 4.89.